The van der Waals surface area contributed by atoms with Gasteiger partial charge in [0.25, 0.3) is 0 Å². The van der Waals surface area contributed by atoms with Crippen LogP contribution in [0, 0.1) is 29.6 Å². The van der Waals surface area contributed by atoms with Crippen molar-refractivity contribution in [2.75, 3.05) is 19.0 Å². The number of methoxy groups -OCH3 is 1. The number of H-pyrrole nitrogens is 1. The van der Waals surface area contributed by atoms with Crippen molar-refractivity contribution in [1.82, 2.24) is 15.3 Å². The number of carbonyl (C=O) groups is 2. The molecule has 4 bridgehead atoms. The van der Waals surface area contributed by atoms with Gasteiger partial charge in [-0.1, -0.05) is 0 Å². The number of amides is 2. The first-order valence-corrected chi connectivity index (χ1v) is 11.3. The average molecular weight is 427 g/mol. The van der Waals surface area contributed by atoms with Crippen molar-refractivity contribution in [3.8, 4) is 0 Å². The highest BCUT2D eigenvalue weighted by Crippen LogP contribution is 2.57. The third kappa shape index (κ3) is 4.13. The molecule has 1 aromatic carbocycles. The van der Waals surface area contributed by atoms with Gasteiger partial charge >= 0.3 is 6.09 Å². The Kier molecular flexibility index (Phi) is 5.33. The summed E-state index contributed by atoms with van der Waals surface area (Å²) in [5.41, 5.74) is 2.18. The van der Waals surface area contributed by atoms with E-state index in [1.165, 1.54) is 39.2 Å². The number of hydrogen-bond donors (Lipinski definition) is 4. The lowest BCUT2D eigenvalue weighted by molar-refractivity contribution is -0.121. The molecular formula is C23H30N4O4. The Bertz CT molecular complexity index is 959. The van der Waals surface area contributed by atoms with Crippen molar-refractivity contribution in [3.05, 3.63) is 24.0 Å². The molecule has 0 aliphatic heterocycles. The van der Waals surface area contributed by atoms with Crippen LogP contribution in [-0.4, -0.2) is 40.8 Å². The van der Waals surface area contributed by atoms with Gasteiger partial charge in [-0.05, 0) is 79.9 Å². The normalized spacial score (nSPS) is 29.8. The molecule has 2 aromatic rings. The average Bonchev–Trinajstić information content (AvgIpc) is 3.13. The summed E-state index contributed by atoms with van der Waals surface area (Å²) in [6.07, 6.45) is 6.18. The molecular weight excluding hydrogens is 396 g/mol. The lowest BCUT2D eigenvalue weighted by Gasteiger charge is -2.54. The molecule has 4 N–H and O–H groups in total. The molecule has 166 valence electrons. The summed E-state index contributed by atoms with van der Waals surface area (Å²) >= 11 is 0. The van der Waals surface area contributed by atoms with Crippen LogP contribution in [0.3, 0.4) is 0 Å². The fraction of sp³-hybridized carbons (Fsp3) is 0.609. The zero-order valence-corrected chi connectivity index (χ0v) is 17.8. The van der Waals surface area contributed by atoms with Gasteiger partial charge in [-0.3, -0.25) is 4.79 Å². The second-order valence-corrected chi connectivity index (χ2v) is 9.66. The van der Waals surface area contributed by atoms with Crippen molar-refractivity contribution in [2.45, 2.75) is 44.6 Å². The third-order valence-corrected chi connectivity index (χ3v) is 7.59. The number of aromatic nitrogens is 2. The van der Waals surface area contributed by atoms with Crippen molar-refractivity contribution in [2.24, 2.45) is 29.6 Å². The largest absolute Gasteiger partial charge is 0.465 e. The second kappa shape index (κ2) is 8.15. The van der Waals surface area contributed by atoms with Crippen molar-refractivity contribution in [3.63, 3.8) is 0 Å². The Morgan fingerprint density at radius 2 is 1.90 bits per heavy atom. The monoisotopic (exact) mass is 426 g/mol. The lowest BCUT2D eigenvalue weighted by atomic mass is 9.51. The number of carbonyl (C=O) groups excluding carboxylic acids is 1. The Morgan fingerprint density at radius 3 is 2.55 bits per heavy atom. The van der Waals surface area contributed by atoms with Crippen LogP contribution in [0.1, 0.15) is 50.4 Å². The Labute approximate surface area is 181 Å². The van der Waals surface area contributed by atoms with Crippen LogP contribution in [0.15, 0.2) is 18.2 Å². The molecule has 4 fully saturated rings. The van der Waals surface area contributed by atoms with Crippen molar-refractivity contribution < 1.29 is 19.4 Å². The standard InChI is InChI=1S/C23H30N4O4/c1-31-11-20(27-23(29)30)22-25-18-3-2-16(9-19(18)26-22)24-21(28)10-17-14-5-12-4-13(7-14)8-15(17)6-12/h2-3,9,12-15,17,20,27H,4-8,10-11H2,1H3,(H,24,28)(H,25,26)(H,29,30). The van der Waals surface area contributed by atoms with Gasteiger partial charge in [0.1, 0.15) is 11.9 Å². The van der Waals surface area contributed by atoms with E-state index in [0.717, 1.165) is 34.9 Å². The first kappa shape index (κ1) is 20.3. The summed E-state index contributed by atoms with van der Waals surface area (Å²) in [5.74, 6) is 4.40. The van der Waals surface area contributed by atoms with Gasteiger partial charge in [0, 0.05) is 19.2 Å². The summed E-state index contributed by atoms with van der Waals surface area (Å²) in [7, 11) is 1.51. The number of nitrogens with one attached hydrogen (secondary N) is 3. The Balaban J connectivity index is 1.26. The topological polar surface area (TPSA) is 116 Å². The highest BCUT2D eigenvalue weighted by molar-refractivity contribution is 5.93. The molecule has 1 atom stereocenters. The minimum absolute atomic E-state index is 0.0846. The summed E-state index contributed by atoms with van der Waals surface area (Å²) in [6, 6.07) is 4.94. The highest BCUT2D eigenvalue weighted by atomic mass is 16.5. The van der Waals surface area contributed by atoms with Gasteiger partial charge in [0.2, 0.25) is 5.91 Å². The molecule has 1 heterocycles. The van der Waals surface area contributed by atoms with Gasteiger partial charge < -0.3 is 25.5 Å². The highest BCUT2D eigenvalue weighted by Gasteiger charge is 2.48. The molecule has 0 saturated heterocycles. The minimum atomic E-state index is -1.14. The number of fused-ring (bicyclic) bond motifs is 1. The number of imidazole rings is 1. The van der Waals surface area contributed by atoms with E-state index in [2.05, 4.69) is 20.6 Å². The van der Waals surface area contributed by atoms with Gasteiger partial charge in [-0.2, -0.15) is 0 Å². The second-order valence-electron chi connectivity index (χ2n) is 9.66. The van der Waals surface area contributed by atoms with E-state index in [9.17, 15) is 9.59 Å². The van der Waals surface area contributed by atoms with Crippen molar-refractivity contribution in [1.29, 1.82) is 0 Å². The molecule has 0 radical (unpaired) electrons. The Hall–Kier alpha value is -2.61. The summed E-state index contributed by atoms with van der Waals surface area (Å²) < 4.78 is 5.10. The van der Waals surface area contributed by atoms with E-state index < -0.39 is 12.1 Å². The maximum atomic E-state index is 12.8. The first-order valence-electron chi connectivity index (χ1n) is 11.3. The summed E-state index contributed by atoms with van der Waals surface area (Å²) in [4.78, 5) is 31.5. The van der Waals surface area contributed by atoms with Crippen LogP contribution in [0.4, 0.5) is 10.5 Å². The molecule has 1 aromatic heterocycles. The molecule has 4 aliphatic rings. The van der Waals surface area contributed by atoms with Crippen LogP contribution in [0.25, 0.3) is 11.0 Å². The molecule has 4 aliphatic carbocycles. The molecule has 8 heteroatoms. The fourth-order valence-electron chi connectivity index (χ4n) is 6.57. The molecule has 4 saturated carbocycles. The van der Waals surface area contributed by atoms with E-state index in [0.29, 0.717) is 23.7 Å². The van der Waals surface area contributed by atoms with E-state index in [4.69, 9.17) is 9.84 Å². The van der Waals surface area contributed by atoms with Crippen LogP contribution >= 0.6 is 0 Å². The quantitative estimate of drug-likeness (QED) is 0.535. The molecule has 31 heavy (non-hydrogen) atoms. The maximum absolute atomic E-state index is 12.8. The molecule has 6 rings (SSSR count). The van der Waals surface area contributed by atoms with E-state index in [1.807, 2.05) is 18.2 Å². The zero-order chi connectivity index (χ0) is 21.5. The summed E-state index contributed by atoms with van der Waals surface area (Å²) in [6.45, 7) is 0.168. The van der Waals surface area contributed by atoms with E-state index in [-0.39, 0.29) is 12.5 Å². The zero-order valence-electron chi connectivity index (χ0n) is 17.8. The number of ether oxygens (including phenoxy) is 1. The molecule has 2 amide bonds. The van der Waals surface area contributed by atoms with Crippen LogP contribution < -0.4 is 10.6 Å². The van der Waals surface area contributed by atoms with Crippen molar-refractivity contribution >= 4 is 28.7 Å². The number of nitrogens with zero attached hydrogens (tertiary/aromatic N) is 1. The molecule has 1 unspecified atom stereocenters. The predicted octanol–water partition coefficient (Wildman–Crippen LogP) is 3.92. The molecule has 8 nitrogen and oxygen atoms in total. The first-order chi connectivity index (χ1) is 15.0. The SMILES string of the molecule is COCC(NC(=O)O)c1nc2ccc(NC(=O)CC3C4CC5CC(C4)CC3C5)cc2[nH]1. The maximum Gasteiger partial charge on any atom is 0.405 e. The lowest BCUT2D eigenvalue weighted by Crippen LogP contribution is -2.46. The van der Waals surface area contributed by atoms with Crippen LogP contribution in [-0.2, 0) is 9.53 Å². The fourth-order valence-corrected chi connectivity index (χ4v) is 6.57. The minimum Gasteiger partial charge on any atom is -0.465 e. The van der Waals surface area contributed by atoms with Gasteiger partial charge in [0.15, 0.2) is 0 Å². The number of aromatic amines is 1. The van der Waals surface area contributed by atoms with E-state index in [1.54, 1.807) is 0 Å². The number of rotatable bonds is 7. The van der Waals surface area contributed by atoms with Gasteiger partial charge in [-0.25, -0.2) is 9.78 Å². The number of anilines is 1. The Morgan fingerprint density at radius 1 is 1.19 bits per heavy atom. The van der Waals surface area contributed by atoms with Gasteiger partial charge in [0.05, 0.1) is 17.6 Å². The van der Waals surface area contributed by atoms with Gasteiger partial charge in [-0.15, -0.1) is 0 Å². The summed E-state index contributed by atoms with van der Waals surface area (Å²) in [5, 5.41) is 14.5. The third-order valence-electron chi connectivity index (χ3n) is 7.59. The van der Waals surface area contributed by atoms with Crippen LogP contribution in [0.5, 0.6) is 0 Å². The smallest absolute Gasteiger partial charge is 0.405 e. The predicted molar refractivity (Wildman–Crippen MR) is 116 cm³/mol. The number of carboxylic acid groups (broad SMARTS) is 1. The van der Waals surface area contributed by atoms with E-state index >= 15 is 0 Å². The van der Waals surface area contributed by atoms with Crippen LogP contribution in [0.2, 0.25) is 0 Å². The molecule has 0 spiro atoms. The number of hydrogen-bond acceptors (Lipinski definition) is 4. The number of benzene rings is 1.